The van der Waals surface area contributed by atoms with Gasteiger partial charge in [0.2, 0.25) is 5.91 Å². The van der Waals surface area contributed by atoms with Gasteiger partial charge in [-0.05, 0) is 26.0 Å². The Morgan fingerprint density at radius 1 is 1.33 bits per heavy atom. The van der Waals surface area contributed by atoms with Crippen LogP contribution in [0, 0.1) is 13.8 Å². The first kappa shape index (κ1) is 16.0. The van der Waals surface area contributed by atoms with E-state index in [1.807, 2.05) is 0 Å². The third-order valence-corrected chi connectivity index (χ3v) is 3.67. The van der Waals surface area contributed by atoms with Crippen molar-refractivity contribution < 1.29 is 22.5 Å². The molecule has 9 heteroatoms. The summed E-state index contributed by atoms with van der Waals surface area (Å²) in [5.74, 6) is 0.0408. The largest absolute Gasteiger partial charge is 0.417 e. The van der Waals surface area contributed by atoms with Crippen molar-refractivity contribution in [3.05, 3.63) is 40.9 Å². The maximum absolute atomic E-state index is 13.1. The molecule has 0 bridgehead atoms. The molecule has 0 spiro atoms. The number of rotatable bonds is 3. The minimum absolute atomic E-state index is 0.0378. The number of nitrogens with zero attached hydrogens (tertiary/aromatic N) is 2. The van der Waals surface area contributed by atoms with E-state index in [9.17, 15) is 18.0 Å². The highest BCUT2D eigenvalue weighted by Crippen LogP contribution is 2.36. The number of aryl methyl sites for hydroxylation is 2. The van der Waals surface area contributed by atoms with E-state index >= 15 is 0 Å². The van der Waals surface area contributed by atoms with Crippen LogP contribution in [0.4, 0.5) is 18.9 Å². The molecule has 1 aromatic carbocycles. The molecular formula is C15H13F3N4O2. The van der Waals surface area contributed by atoms with Crippen molar-refractivity contribution in [2.24, 2.45) is 0 Å². The molecule has 2 aromatic heterocycles. The standard InChI is InChI=1S/C15H13F3N4O2/c1-7-10(8(2)24-22-7)5-14(23)20-9-3-12(15(16,17)18)11-6-19-21-13(11)4-9/h3-4,6H,5H2,1-2H3,(H,19,21)(H,20,23). The summed E-state index contributed by atoms with van der Waals surface area (Å²) in [6, 6.07) is 2.30. The Balaban J connectivity index is 1.89. The van der Waals surface area contributed by atoms with Crippen LogP contribution in [0.25, 0.3) is 10.9 Å². The second kappa shape index (κ2) is 5.66. The lowest BCUT2D eigenvalue weighted by Crippen LogP contribution is -2.16. The maximum atomic E-state index is 13.1. The fraction of sp³-hybridized carbons (Fsp3) is 0.267. The summed E-state index contributed by atoms with van der Waals surface area (Å²) >= 11 is 0. The molecule has 0 fully saturated rings. The quantitative estimate of drug-likeness (QED) is 0.767. The lowest BCUT2D eigenvalue weighted by atomic mass is 10.1. The van der Waals surface area contributed by atoms with Gasteiger partial charge in [-0.1, -0.05) is 5.16 Å². The van der Waals surface area contributed by atoms with Crippen molar-refractivity contribution in [3.63, 3.8) is 0 Å². The Labute approximate surface area is 134 Å². The van der Waals surface area contributed by atoms with E-state index in [4.69, 9.17) is 4.52 Å². The summed E-state index contributed by atoms with van der Waals surface area (Å²) in [6.07, 6.45) is -3.48. The number of halogens is 3. The molecule has 0 radical (unpaired) electrons. The SMILES string of the molecule is Cc1noc(C)c1CC(=O)Nc1cc(C(F)(F)F)c2cn[nH]c2c1. The Kier molecular flexibility index (Phi) is 3.78. The van der Waals surface area contributed by atoms with Gasteiger partial charge in [-0.2, -0.15) is 18.3 Å². The number of aromatic amines is 1. The fourth-order valence-corrected chi connectivity index (χ4v) is 2.48. The first-order chi connectivity index (χ1) is 11.3. The van der Waals surface area contributed by atoms with Crippen LogP contribution in [0.1, 0.15) is 22.6 Å². The Morgan fingerprint density at radius 2 is 2.08 bits per heavy atom. The number of aromatic nitrogens is 3. The van der Waals surface area contributed by atoms with Gasteiger partial charge in [0.1, 0.15) is 5.76 Å². The van der Waals surface area contributed by atoms with Crippen LogP contribution in [0.5, 0.6) is 0 Å². The fourth-order valence-electron chi connectivity index (χ4n) is 2.48. The van der Waals surface area contributed by atoms with Gasteiger partial charge in [0.05, 0.1) is 29.4 Å². The lowest BCUT2D eigenvalue weighted by Gasteiger charge is -2.11. The predicted octanol–water partition coefficient (Wildman–Crippen LogP) is 3.37. The topological polar surface area (TPSA) is 83.8 Å². The molecule has 3 rings (SSSR count). The molecule has 0 aliphatic carbocycles. The Morgan fingerprint density at radius 3 is 2.71 bits per heavy atom. The summed E-state index contributed by atoms with van der Waals surface area (Å²) in [5.41, 5.74) is 0.559. The van der Waals surface area contributed by atoms with Crippen molar-refractivity contribution in [1.82, 2.24) is 15.4 Å². The first-order valence-electron chi connectivity index (χ1n) is 7.01. The average molecular weight is 338 g/mol. The van der Waals surface area contributed by atoms with Crippen molar-refractivity contribution in [3.8, 4) is 0 Å². The molecule has 126 valence electrons. The van der Waals surface area contributed by atoms with Gasteiger partial charge >= 0.3 is 6.18 Å². The second-order valence-electron chi connectivity index (χ2n) is 5.38. The molecule has 2 heterocycles. The van der Waals surface area contributed by atoms with Crippen LogP contribution in [0.2, 0.25) is 0 Å². The molecule has 0 unspecified atom stereocenters. The van der Waals surface area contributed by atoms with Crippen LogP contribution in [0.15, 0.2) is 22.9 Å². The predicted molar refractivity (Wildman–Crippen MR) is 79.4 cm³/mol. The van der Waals surface area contributed by atoms with Gasteiger partial charge in [-0.3, -0.25) is 9.89 Å². The number of H-pyrrole nitrogens is 1. The smallest absolute Gasteiger partial charge is 0.361 e. The monoisotopic (exact) mass is 338 g/mol. The molecule has 3 aromatic rings. The summed E-state index contributed by atoms with van der Waals surface area (Å²) in [7, 11) is 0. The molecule has 0 aliphatic heterocycles. The van der Waals surface area contributed by atoms with Gasteiger partial charge in [0, 0.05) is 16.6 Å². The summed E-state index contributed by atoms with van der Waals surface area (Å²) < 4.78 is 44.4. The van der Waals surface area contributed by atoms with E-state index in [-0.39, 0.29) is 23.0 Å². The van der Waals surface area contributed by atoms with Gasteiger partial charge in [-0.25, -0.2) is 0 Å². The number of anilines is 1. The van der Waals surface area contributed by atoms with Gasteiger partial charge in [0.25, 0.3) is 0 Å². The highest BCUT2D eigenvalue weighted by molar-refractivity contribution is 5.95. The lowest BCUT2D eigenvalue weighted by molar-refractivity contribution is -0.136. The highest BCUT2D eigenvalue weighted by Gasteiger charge is 2.33. The molecule has 2 N–H and O–H groups in total. The second-order valence-corrected chi connectivity index (χ2v) is 5.38. The number of hydrogen-bond acceptors (Lipinski definition) is 4. The molecule has 0 saturated heterocycles. The van der Waals surface area contributed by atoms with E-state index < -0.39 is 17.6 Å². The highest BCUT2D eigenvalue weighted by atomic mass is 19.4. The van der Waals surface area contributed by atoms with Crippen LogP contribution < -0.4 is 5.32 Å². The number of hydrogen-bond donors (Lipinski definition) is 2. The van der Waals surface area contributed by atoms with Gasteiger partial charge < -0.3 is 9.84 Å². The van der Waals surface area contributed by atoms with Crippen LogP contribution >= 0.6 is 0 Å². The number of amides is 1. The Hall–Kier alpha value is -2.84. The van der Waals surface area contributed by atoms with E-state index in [1.54, 1.807) is 13.8 Å². The van der Waals surface area contributed by atoms with Crippen LogP contribution in [-0.4, -0.2) is 21.3 Å². The van der Waals surface area contributed by atoms with Crippen molar-refractivity contribution in [1.29, 1.82) is 0 Å². The first-order valence-corrected chi connectivity index (χ1v) is 7.01. The summed E-state index contributed by atoms with van der Waals surface area (Å²) in [6.45, 7) is 3.36. The number of alkyl halides is 3. The van der Waals surface area contributed by atoms with E-state index in [0.29, 0.717) is 17.0 Å². The molecular weight excluding hydrogens is 325 g/mol. The number of benzene rings is 1. The van der Waals surface area contributed by atoms with Gasteiger partial charge in [0.15, 0.2) is 0 Å². The molecule has 6 nitrogen and oxygen atoms in total. The van der Waals surface area contributed by atoms with Crippen molar-refractivity contribution in [2.45, 2.75) is 26.4 Å². The number of carbonyl (C=O) groups excluding carboxylic acids is 1. The number of fused-ring (bicyclic) bond motifs is 1. The third-order valence-electron chi connectivity index (χ3n) is 3.67. The average Bonchev–Trinajstić information content (AvgIpc) is 3.07. The van der Waals surface area contributed by atoms with Gasteiger partial charge in [-0.15, -0.1) is 0 Å². The zero-order valence-electron chi connectivity index (χ0n) is 12.8. The van der Waals surface area contributed by atoms with Crippen LogP contribution in [0.3, 0.4) is 0 Å². The van der Waals surface area contributed by atoms with Crippen molar-refractivity contribution >= 4 is 22.5 Å². The number of nitrogens with one attached hydrogen (secondary N) is 2. The molecule has 0 saturated carbocycles. The minimum Gasteiger partial charge on any atom is -0.361 e. The third kappa shape index (κ3) is 2.97. The molecule has 0 aliphatic rings. The van der Waals surface area contributed by atoms with E-state index in [0.717, 1.165) is 12.3 Å². The zero-order chi connectivity index (χ0) is 17.5. The van der Waals surface area contributed by atoms with E-state index in [1.165, 1.54) is 6.07 Å². The Bertz CT molecular complexity index is 892. The van der Waals surface area contributed by atoms with Crippen molar-refractivity contribution in [2.75, 3.05) is 5.32 Å². The molecule has 24 heavy (non-hydrogen) atoms. The molecule has 0 atom stereocenters. The minimum atomic E-state index is -4.55. The molecule has 1 amide bonds. The maximum Gasteiger partial charge on any atom is 0.417 e. The summed E-state index contributed by atoms with van der Waals surface area (Å²) in [4.78, 5) is 12.1. The zero-order valence-corrected chi connectivity index (χ0v) is 12.8. The number of carbonyl (C=O) groups is 1. The van der Waals surface area contributed by atoms with Crippen LogP contribution in [-0.2, 0) is 17.4 Å². The summed E-state index contributed by atoms with van der Waals surface area (Å²) in [5, 5.41) is 12.3. The van der Waals surface area contributed by atoms with E-state index in [2.05, 4.69) is 20.7 Å². The normalized spacial score (nSPS) is 11.9.